The quantitative estimate of drug-likeness (QED) is 0.335. The largest absolute Gasteiger partial charge is 0.456 e. The minimum absolute atomic E-state index is 0.0395. The molecule has 0 saturated carbocycles. The Balaban J connectivity index is 1.89. The Morgan fingerprint density at radius 3 is 2.65 bits per heavy atom. The highest BCUT2D eigenvalue weighted by Gasteiger charge is 2.53. The van der Waals surface area contributed by atoms with Crippen molar-refractivity contribution in [1.82, 2.24) is 4.98 Å². The lowest BCUT2D eigenvalue weighted by molar-refractivity contribution is -0.154. The molecule has 0 amide bonds. The van der Waals surface area contributed by atoms with E-state index in [0.717, 1.165) is 12.8 Å². The molecule has 0 aromatic carbocycles. The predicted octanol–water partition coefficient (Wildman–Crippen LogP) is 4.19. The van der Waals surface area contributed by atoms with Gasteiger partial charge in [-0.15, -0.1) is 12.3 Å². The van der Waals surface area contributed by atoms with E-state index >= 15 is 0 Å². The molecular formula is C28H38ClNO7. The van der Waals surface area contributed by atoms with Gasteiger partial charge in [0.1, 0.15) is 23.8 Å². The number of halogens is 1. The van der Waals surface area contributed by atoms with Gasteiger partial charge in [-0.2, -0.15) is 0 Å². The molecule has 2 saturated heterocycles. The number of cyclic esters (lactones) is 1. The van der Waals surface area contributed by atoms with E-state index < -0.39 is 47.6 Å². The van der Waals surface area contributed by atoms with Crippen LogP contribution in [0.15, 0.2) is 15.7 Å². The number of ether oxygens (including phenoxy) is 2. The van der Waals surface area contributed by atoms with Gasteiger partial charge in [0.2, 0.25) is 0 Å². The number of ketones is 1. The summed E-state index contributed by atoms with van der Waals surface area (Å²) in [6, 6.07) is 0. The molecule has 3 rings (SSSR count). The smallest absolute Gasteiger partial charge is 0.309 e. The third-order valence-corrected chi connectivity index (χ3v) is 8.15. The third-order valence-electron chi connectivity index (χ3n) is 7.80. The Morgan fingerprint density at radius 1 is 1.32 bits per heavy atom. The summed E-state index contributed by atoms with van der Waals surface area (Å²) < 4.78 is 16.9. The number of carbonyl (C=O) groups excluding carboxylic acids is 2. The van der Waals surface area contributed by atoms with Gasteiger partial charge in [-0.3, -0.25) is 9.59 Å². The van der Waals surface area contributed by atoms with Crippen molar-refractivity contribution in [1.29, 1.82) is 0 Å². The van der Waals surface area contributed by atoms with E-state index in [-0.39, 0.29) is 29.3 Å². The summed E-state index contributed by atoms with van der Waals surface area (Å²) in [4.78, 5) is 30.6. The fourth-order valence-electron chi connectivity index (χ4n) is 5.00. The number of rotatable bonds is 3. The van der Waals surface area contributed by atoms with Gasteiger partial charge in [0, 0.05) is 19.8 Å². The van der Waals surface area contributed by atoms with Gasteiger partial charge in [0.15, 0.2) is 5.89 Å². The second-order valence-corrected chi connectivity index (χ2v) is 11.6. The summed E-state index contributed by atoms with van der Waals surface area (Å²) in [7, 11) is 0. The first-order valence-electron chi connectivity index (χ1n) is 12.8. The third kappa shape index (κ3) is 7.02. The lowest BCUT2D eigenvalue weighted by Crippen LogP contribution is -2.46. The van der Waals surface area contributed by atoms with Crippen molar-refractivity contribution in [3.05, 3.63) is 22.9 Å². The van der Waals surface area contributed by atoms with Crippen LogP contribution >= 0.6 is 11.6 Å². The summed E-state index contributed by atoms with van der Waals surface area (Å²) in [6.07, 6.45) is 7.33. The highest BCUT2D eigenvalue weighted by molar-refractivity contribution is 6.32. The fraction of sp³-hybridized carbons (Fsp3) is 0.679. The first-order chi connectivity index (χ1) is 17.3. The number of terminal acetylenes is 1. The van der Waals surface area contributed by atoms with Crippen molar-refractivity contribution in [2.45, 2.75) is 103 Å². The zero-order valence-corrected chi connectivity index (χ0v) is 23.0. The van der Waals surface area contributed by atoms with Crippen LogP contribution in [0, 0.1) is 36.5 Å². The minimum Gasteiger partial charge on any atom is -0.456 e. The van der Waals surface area contributed by atoms with Crippen LogP contribution in [0.4, 0.5) is 0 Å². The summed E-state index contributed by atoms with van der Waals surface area (Å²) in [5.74, 6) is 0.819. The number of epoxide rings is 1. The molecule has 8 nitrogen and oxygen atoms in total. The number of fused-ring (bicyclic) bond motifs is 1. The number of carbonyl (C=O) groups is 2. The van der Waals surface area contributed by atoms with Crippen molar-refractivity contribution in [2.24, 2.45) is 17.3 Å². The number of aromatic nitrogens is 1. The number of aryl methyl sites for hydroxylation is 1. The molecule has 2 fully saturated rings. The van der Waals surface area contributed by atoms with Gasteiger partial charge in [0.05, 0.1) is 46.7 Å². The summed E-state index contributed by atoms with van der Waals surface area (Å²) in [6.45, 7) is 8.71. The summed E-state index contributed by atoms with van der Waals surface area (Å²) >= 11 is 6.59. The van der Waals surface area contributed by atoms with E-state index in [2.05, 4.69) is 10.9 Å². The Hall–Kier alpha value is -2.18. The molecule has 7 atom stereocenters. The van der Waals surface area contributed by atoms with E-state index in [0.29, 0.717) is 24.4 Å². The molecule has 0 radical (unpaired) electrons. The number of aliphatic hydroxyl groups is 2. The normalized spacial score (nSPS) is 35.8. The molecule has 37 heavy (non-hydrogen) atoms. The lowest BCUT2D eigenvalue weighted by Gasteiger charge is -2.35. The molecule has 9 heteroatoms. The number of aliphatic hydroxyl groups excluding tert-OH is 2. The second kappa shape index (κ2) is 11.7. The van der Waals surface area contributed by atoms with Gasteiger partial charge in [-0.25, -0.2) is 4.98 Å². The predicted molar refractivity (Wildman–Crippen MR) is 138 cm³/mol. The van der Waals surface area contributed by atoms with E-state index in [1.807, 2.05) is 13.8 Å². The zero-order valence-electron chi connectivity index (χ0n) is 22.2. The van der Waals surface area contributed by atoms with Crippen molar-refractivity contribution >= 4 is 29.4 Å². The molecule has 1 aromatic heterocycles. The molecule has 7 unspecified atom stereocenters. The van der Waals surface area contributed by atoms with Gasteiger partial charge < -0.3 is 24.1 Å². The van der Waals surface area contributed by atoms with Crippen LogP contribution in [0.25, 0.3) is 6.08 Å². The van der Waals surface area contributed by atoms with E-state index in [1.165, 1.54) is 6.26 Å². The average Bonchev–Trinajstić information content (AvgIpc) is 3.27. The maximum absolute atomic E-state index is 13.5. The van der Waals surface area contributed by atoms with Gasteiger partial charge in [-0.05, 0) is 31.8 Å². The lowest BCUT2D eigenvalue weighted by atomic mass is 9.71. The molecule has 204 valence electrons. The Bertz CT molecular complexity index is 1060. The van der Waals surface area contributed by atoms with Crippen LogP contribution in [-0.2, 0) is 19.1 Å². The SMILES string of the molecule is C#CCC1C(=O)C(C)(C)C(O)CC(=O)OC(C(Cl)=Cc2coc(C)n2)CC2OC2(C)CCCC(C)C1O. The van der Waals surface area contributed by atoms with Gasteiger partial charge >= 0.3 is 5.97 Å². The molecule has 2 N–H and O–H groups in total. The second-order valence-electron chi connectivity index (χ2n) is 11.1. The van der Waals surface area contributed by atoms with Crippen molar-refractivity contribution in [2.75, 3.05) is 0 Å². The first kappa shape index (κ1) is 29.4. The first-order valence-corrected chi connectivity index (χ1v) is 13.2. The van der Waals surface area contributed by atoms with E-state index in [4.69, 9.17) is 31.9 Å². The average molecular weight is 536 g/mol. The summed E-state index contributed by atoms with van der Waals surface area (Å²) in [5, 5.41) is 22.2. The Morgan fingerprint density at radius 2 is 2.03 bits per heavy atom. The molecule has 2 aliphatic rings. The number of Topliss-reactive ketones (excluding diaryl/α,β-unsaturated/α-hetero) is 1. The van der Waals surface area contributed by atoms with Crippen LogP contribution in [0.3, 0.4) is 0 Å². The standard InChI is InChI=1S/C28H38ClNO7/c1-7-9-19-25(33)16(2)10-8-11-28(6)23(37-28)13-21(20(29)12-18-15-35-17(3)30-18)36-24(32)14-22(31)27(4,5)26(19)34/h1,12,15-16,19,21-23,25,31,33H,8-11,13-14H2,2-6H3. The minimum atomic E-state index is -1.35. The maximum Gasteiger partial charge on any atom is 0.309 e. The molecule has 2 aliphatic heterocycles. The van der Waals surface area contributed by atoms with E-state index in [1.54, 1.807) is 26.8 Å². The van der Waals surface area contributed by atoms with Gasteiger partial charge in [-0.1, -0.05) is 38.8 Å². The Kier molecular flexibility index (Phi) is 9.28. The Labute approximate surface area is 223 Å². The number of hydrogen-bond donors (Lipinski definition) is 2. The van der Waals surface area contributed by atoms with Crippen LogP contribution in [0.5, 0.6) is 0 Å². The highest BCUT2D eigenvalue weighted by atomic mass is 35.5. The van der Waals surface area contributed by atoms with Crippen LogP contribution < -0.4 is 0 Å². The number of hydrogen-bond acceptors (Lipinski definition) is 8. The molecular weight excluding hydrogens is 498 g/mol. The topological polar surface area (TPSA) is 122 Å². The molecule has 0 spiro atoms. The highest BCUT2D eigenvalue weighted by Crippen LogP contribution is 2.45. The van der Waals surface area contributed by atoms with Crippen molar-refractivity contribution in [3.63, 3.8) is 0 Å². The fourth-order valence-corrected chi connectivity index (χ4v) is 5.25. The maximum atomic E-state index is 13.5. The molecule has 0 bridgehead atoms. The number of oxazole rings is 1. The van der Waals surface area contributed by atoms with Crippen LogP contribution in [-0.4, -0.2) is 57.0 Å². The van der Waals surface area contributed by atoms with Crippen molar-refractivity contribution in [3.8, 4) is 12.3 Å². The molecule has 3 heterocycles. The van der Waals surface area contributed by atoms with E-state index in [9.17, 15) is 19.8 Å². The number of nitrogens with zero attached hydrogens (tertiary/aromatic N) is 1. The molecule has 1 aromatic rings. The van der Waals surface area contributed by atoms with Crippen LogP contribution in [0.1, 0.15) is 77.8 Å². The summed E-state index contributed by atoms with van der Waals surface area (Å²) in [5.41, 5.74) is -1.27. The van der Waals surface area contributed by atoms with Crippen LogP contribution in [0.2, 0.25) is 0 Å². The monoisotopic (exact) mass is 535 g/mol. The van der Waals surface area contributed by atoms with Crippen molar-refractivity contribution < 1.29 is 33.7 Å². The zero-order chi connectivity index (χ0) is 27.5. The number of esters is 1. The van der Waals surface area contributed by atoms with Gasteiger partial charge in [0.25, 0.3) is 0 Å². The molecule has 0 aliphatic carbocycles.